The molecule has 0 aliphatic heterocycles. The Morgan fingerprint density at radius 1 is 1.29 bits per heavy atom. The highest BCUT2D eigenvalue weighted by atomic mass is 16.1. The molecule has 1 rings (SSSR count). The third-order valence-corrected chi connectivity index (χ3v) is 3.88. The highest BCUT2D eigenvalue weighted by molar-refractivity contribution is 5.78. The first-order valence-electron chi connectivity index (χ1n) is 7.01. The van der Waals surface area contributed by atoms with Crippen LogP contribution in [0.4, 0.5) is 0 Å². The van der Waals surface area contributed by atoms with Gasteiger partial charge in [0.2, 0.25) is 5.91 Å². The number of carbonyl (C=O) groups is 1. The lowest BCUT2D eigenvalue weighted by atomic mass is 9.87. The van der Waals surface area contributed by atoms with Crippen LogP contribution in [0.1, 0.15) is 53.4 Å². The van der Waals surface area contributed by atoms with E-state index < -0.39 is 0 Å². The van der Waals surface area contributed by atoms with E-state index in [0.29, 0.717) is 18.5 Å². The first-order chi connectivity index (χ1) is 7.99. The van der Waals surface area contributed by atoms with Crippen molar-refractivity contribution < 1.29 is 4.79 Å². The molecule has 2 N–H and O–H groups in total. The highest BCUT2D eigenvalue weighted by Gasteiger charge is 2.19. The fourth-order valence-corrected chi connectivity index (χ4v) is 2.33. The second-order valence-corrected chi connectivity index (χ2v) is 5.95. The van der Waals surface area contributed by atoms with E-state index in [9.17, 15) is 4.79 Å². The van der Waals surface area contributed by atoms with Crippen molar-refractivity contribution in [3.8, 4) is 0 Å². The van der Waals surface area contributed by atoms with Gasteiger partial charge in [0.25, 0.3) is 0 Å². The molecule has 3 atom stereocenters. The minimum absolute atomic E-state index is 0.129. The van der Waals surface area contributed by atoms with Crippen LogP contribution < -0.4 is 10.6 Å². The maximum absolute atomic E-state index is 11.7. The van der Waals surface area contributed by atoms with Crippen LogP contribution in [0.2, 0.25) is 0 Å². The summed E-state index contributed by atoms with van der Waals surface area (Å²) in [6.45, 7) is 9.08. The molecule has 1 amide bonds. The zero-order valence-electron chi connectivity index (χ0n) is 11.8. The van der Waals surface area contributed by atoms with Gasteiger partial charge >= 0.3 is 0 Å². The third-order valence-electron chi connectivity index (χ3n) is 3.88. The van der Waals surface area contributed by atoms with Gasteiger partial charge in [0.15, 0.2) is 0 Å². The van der Waals surface area contributed by atoms with Gasteiger partial charge in [-0.05, 0) is 31.6 Å². The molecular formula is C14H28N2O. The van der Waals surface area contributed by atoms with E-state index >= 15 is 0 Å². The van der Waals surface area contributed by atoms with Crippen LogP contribution in [0.5, 0.6) is 0 Å². The van der Waals surface area contributed by atoms with Crippen molar-refractivity contribution in [1.82, 2.24) is 10.6 Å². The Labute approximate surface area is 106 Å². The zero-order valence-corrected chi connectivity index (χ0v) is 11.8. The Hall–Kier alpha value is -0.570. The summed E-state index contributed by atoms with van der Waals surface area (Å²) in [7, 11) is 0. The monoisotopic (exact) mass is 240 g/mol. The lowest BCUT2D eigenvalue weighted by Gasteiger charge is -2.27. The van der Waals surface area contributed by atoms with Crippen molar-refractivity contribution in [2.24, 2.45) is 11.8 Å². The molecular weight excluding hydrogens is 212 g/mol. The molecule has 3 heteroatoms. The first-order valence-corrected chi connectivity index (χ1v) is 7.01. The van der Waals surface area contributed by atoms with Crippen LogP contribution in [0.15, 0.2) is 0 Å². The van der Waals surface area contributed by atoms with Gasteiger partial charge in [-0.15, -0.1) is 0 Å². The third kappa shape index (κ3) is 5.53. The number of nitrogens with one attached hydrogen (secondary N) is 2. The summed E-state index contributed by atoms with van der Waals surface area (Å²) in [5, 5.41) is 6.41. The molecule has 100 valence electrons. The molecule has 1 aliphatic carbocycles. The van der Waals surface area contributed by atoms with Crippen molar-refractivity contribution in [1.29, 1.82) is 0 Å². The molecule has 0 aromatic heterocycles. The van der Waals surface area contributed by atoms with Gasteiger partial charge in [0.05, 0.1) is 6.54 Å². The summed E-state index contributed by atoms with van der Waals surface area (Å²) >= 11 is 0. The van der Waals surface area contributed by atoms with Crippen LogP contribution in [0.3, 0.4) is 0 Å². The van der Waals surface area contributed by atoms with Gasteiger partial charge in [0, 0.05) is 12.1 Å². The Balaban J connectivity index is 2.19. The standard InChI is InChI=1S/C14H28N2O/c1-10(2)12(4)16-14(17)9-15-13-7-5-6-11(3)8-13/h10-13,15H,5-9H2,1-4H3,(H,16,17). The van der Waals surface area contributed by atoms with Gasteiger partial charge < -0.3 is 10.6 Å². The molecule has 1 saturated carbocycles. The number of amides is 1. The van der Waals surface area contributed by atoms with Gasteiger partial charge in [-0.2, -0.15) is 0 Å². The van der Waals surface area contributed by atoms with E-state index in [0.717, 1.165) is 5.92 Å². The first kappa shape index (κ1) is 14.5. The van der Waals surface area contributed by atoms with Crippen LogP contribution >= 0.6 is 0 Å². The van der Waals surface area contributed by atoms with Gasteiger partial charge in [-0.3, -0.25) is 4.79 Å². The van der Waals surface area contributed by atoms with Crippen molar-refractivity contribution in [2.75, 3.05) is 6.54 Å². The van der Waals surface area contributed by atoms with E-state index in [4.69, 9.17) is 0 Å². The lowest BCUT2D eigenvalue weighted by molar-refractivity contribution is -0.121. The van der Waals surface area contributed by atoms with E-state index in [2.05, 4.69) is 38.3 Å². The molecule has 1 aliphatic rings. The molecule has 0 heterocycles. The quantitative estimate of drug-likeness (QED) is 0.774. The van der Waals surface area contributed by atoms with Crippen molar-refractivity contribution in [3.05, 3.63) is 0 Å². The summed E-state index contributed by atoms with van der Waals surface area (Å²) < 4.78 is 0. The van der Waals surface area contributed by atoms with E-state index in [-0.39, 0.29) is 11.9 Å². The average molecular weight is 240 g/mol. The average Bonchev–Trinajstić information content (AvgIpc) is 2.26. The van der Waals surface area contributed by atoms with Crippen LogP contribution in [-0.2, 0) is 4.79 Å². The smallest absolute Gasteiger partial charge is 0.234 e. The molecule has 0 saturated heterocycles. The molecule has 3 unspecified atom stereocenters. The summed E-state index contributed by atoms with van der Waals surface area (Å²) in [6, 6.07) is 0.799. The lowest BCUT2D eigenvalue weighted by Crippen LogP contribution is -2.44. The molecule has 0 aromatic carbocycles. The summed E-state index contributed by atoms with van der Waals surface area (Å²) in [5.41, 5.74) is 0. The van der Waals surface area contributed by atoms with Gasteiger partial charge in [-0.25, -0.2) is 0 Å². The maximum Gasteiger partial charge on any atom is 0.234 e. The molecule has 0 aromatic rings. The van der Waals surface area contributed by atoms with Gasteiger partial charge in [0.1, 0.15) is 0 Å². The van der Waals surface area contributed by atoms with Crippen LogP contribution in [0.25, 0.3) is 0 Å². The molecule has 0 radical (unpaired) electrons. The molecule has 0 bridgehead atoms. The van der Waals surface area contributed by atoms with Crippen LogP contribution in [-0.4, -0.2) is 24.5 Å². The summed E-state index contributed by atoms with van der Waals surface area (Å²) in [6.07, 6.45) is 5.07. The fourth-order valence-electron chi connectivity index (χ4n) is 2.33. The van der Waals surface area contributed by atoms with E-state index in [1.54, 1.807) is 0 Å². The van der Waals surface area contributed by atoms with E-state index in [1.807, 2.05) is 0 Å². The second kappa shape index (κ2) is 7.00. The predicted molar refractivity (Wildman–Crippen MR) is 71.9 cm³/mol. The second-order valence-electron chi connectivity index (χ2n) is 5.95. The minimum atomic E-state index is 0.129. The molecule has 3 nitrogen and oxygen atoms in total. The molecule has 0 spiro atoms. The highest BCUT2D eigenvalue weighted by Crippen LogP contribution is 2.23. The largest absolute Gasteiger partial charge is 0.352 e. The van der Waals surface area contributed by atoms with Crippen molar-refractivity contribution in [2.45, 2.75) is 65.5 Å². The Kier molecular flexibility index (Phi) is 5.96. The Morgan fingerprint density at radius 3 is 2.59 bits per heavy atom. The van der Waals surface area contributed by atoms with Crippen molar-refractivity contribution >= 4 is 5.91 Å². The van der Waals surface area contributed by atoms with Crippen molar-refractivity contribution in [3.63, 3.8) is 0 Å². The Bertz CT molecular complexity index is 240. The number of hydrogen-bond donors (Lipinski definition) is 2. The molecule has 1 fully saturated rings. The Morgan fingerprint density at radius 2 is 2.00 bits per heavy atom. The normalized spacial score (nSPS) is 26.9. The summed E-state index contributed by atoms with van der Waals surface area (Å²) in [5.74, 6) is 1.43. The topological polar surface area (TPSA) is 41.1 Å². The maximum atomic E-state index is 11.7. The predicted octanol–water partition coefficient (Wildman–Crippen LogP) is 2.32. The number of rotatable bonds is 5. The van der Waals surface area contributed by atoms with Gasteiger partial charge in [-0.1, -0.05) is 33.6 Å². The minimum Gasteiger partial charge on any atom is -0.352 e. The number of carbonyl (C=O) groups excluding carboxylic acids is 1. The SMILES string of the molecule is CC1CCCC(NCC(=O)NC(C)C(C)C)C1. The van der Waals surface area contributed by atoms with E-state index in [1.165, 1.54) is 25.7 Å². The zero-order chi connectivity index (χ0) is 12.8. The number of hydrogen-bond acceptors (Lipinski definition) is 2. The molecule has 17 heavy (non-hydrogen) atoms. The summed E-state index contributed by atoms with van der Waals surface area (Å²) in [4.78, 5) is 11.7. The fraction of sp³-hybridized carbons (Fsp3) is 0.929. The van der Waals surface area contributed by atoms with Crippen LogP contribution in [0, 0.1) is 11.8 Å².